The molecular formula is C17H17ClN2O5. The molecule has 0 saturated carbocycles. The van der Waals surface area contributed by atoms with E-state index >= 15 is 0 Å². The average molecular weight is 365 g/mol. The number of rotatable bonds is 5. The lowest BCUT2D eigenvalue weighted by molar-refractivity contribution is -0.384. The maximum absolute atomic E-state index is 11.0. The fraction of sp³-hybridized carbons (Fsp3) is 0.294. The van der Waals surface area contributed by atoms with Crippen LogP contribution in [0.15, 0.2) is 30.3 Å². The van der Waals surface area contributed by atoms with Gasteiger partial charge in [0.2, 0.25) is 0 Å². The number of ether oxygens (including phenoxy) is 3. The van der Waals surface area contributed by atoms with Crippen LogP contribution in [0.4, 0.5) is 11.4 Å². The van der Waals surface area contributed by atoms with E-state index in [1.807, 2.05) is 0 Å². The standard InChI is InChI=1S/C17H17ClN2O5/c1-23-15-4-3-12(20(21)22)7-11(15)10-19-14-9-17-16(8-13(14)18)24-5-2-6-25-17/h3-4,7-9,19H,2,5-6,10H2,1H3. The van der Waals surface area contributed by atoms with Gasteiger partial charge in [-0.05, 0) is 6.07 Å². The Morgan fingerprint density at radius 1 is 1.24 bits per heavy atom. The van der Waals surface area contributed by atoms with Crippen molar-refractivity contribution in [2.75, 3.05) is 25.6 Å². The summed E-state index contributed by atoms with van der Waals surface area (Å²) in [6.45, 7) is 1.47. The number of halogens is 1. The highest BCUT2D eigenvalue weighted by Gasteiger charge is 2.15. The Morgan fingerprint density at radius 2 is 1.96 bits per heavy atom. The molecule has 8 heteroatoms. The normalized spacial score (nSPS) is 13.0. The minimum Gasteiger partial charge on any atom is -0.496 e. The molecule has 3 rings (SSSR count). The molecule has 2 aromatic carbocycles. The first-order chi connectivity index (χ1) is 12.1. The second-order valence-electron chi connectivity index (χ2n) is 5.44. The number of hydrogen-bond acceptors (Lipinski definition) is 6. The quantitative estimate of drug-likeness (QED) is 0.637. The van der Waals surface area contributed by atoms with E-state index in [9.17, 15) is 10.1 Å². The highest BCUT2D eigenvalue weighted by atomic mass is 35.5. The van der Waals surface area contributed by atoms with Crippen molar-refractivity contribution in [3.8, 4) is 17.2 Å². The lowest BCUT2D eigenvalue weighted by atomic mass is 10.1. The van der Waals surface area contributed by atoms with E-state index in [2.05, 4.69) is 5.32 Å². The molecule has 0 radical (unpaired) electrons. The number of nitrogens with one attached hydrogen (secondary N) is 1. The van der Waals surface area contributed by atoms with Crippen LogP contribution in [0.2, 0.25) is 5.02 Å². The number of anilines is 1. The topological polar surface area (TPSA) is 82.9 Å². The molecule has 1 N–H and O–H groups in total. The van der Waals surface area contributed by atoms with Crippen molar-refractivity contribution in [1.29, 1.82) is 0 Å². The van der Waals surface area contributed by atoms with Gasteiger partial charge in [0.05, 0.1) is 36.0 Å². The molecule has 2 aromatic rings. The van der Waals surface area contributed by atoms with Gasteiger partial charge < -0.3 is 19.5 Å². The van der Waals surface area contributed by atoms with Crippen LogP contribution < -0.4 is 19.5 Å². The third-order valence-electron chi connectivity index (χ3n) is 3.78. The zero-order chi connectivity index (χ0) is 17.8. The summed E-state index contributed by atoms with van der Waals surface area (Å²) >= 11 is 6.30. The molecule has 132 valence electrons. The van der Waals surface area contributed by atoms with Gasteiger partial charge >= 0.3 is 0 Å². The second kappa shape index (κ2) is 7.48. The Hall–Kier alpha value is -2.67. The second-order valence-corrected chi connectivity index (χ2v) is 5.84. The minimum atomic E-state index is -0.441. The molecule has 0 saturated heterocycles. The minimum absolute atomic E-state index is 0.00218. The Bertz CT molecular complexity index is 797. The molecule has 0 fully saturated rings. The Kier molecular flexibility index (Phi) is 5.14. The lowest BCUT2D eigenvalue weighted by Gasteiger charge is -2.14. The van der Waals surface area contributed by atoms with E-state index in [0.29, 0.717) is 53.3 Å². The molecule has 25 heavy (non-hydrogen) atoms. The Labute approximate surface area is 149 Å². The summed E-state index contributed by atoms with van der Waals surface area (Å²) in [5, 5.41) is 14.6. The number of methoxy groups -OCH3 is 1. The van der Waals surface area contributed by atoms with E-state index in [-0.39, 0.29) is 5.69 Å². The van der Waals surface area contributed by atoms with Gasteiger partial charge in [0.1, 0.15) is 5.75 Å². The molecule has 0 amide bonds. The lowest BCUT2D eigenvalue weighted by Crippen LogP contribution is -2.04. The van der Waals surface area contributed by atoms with Crippen LogP contribution in [-0.2, 0) is 6.54 Å². The molecule has 0 spiro atoms. The van der Waals surface area contributed by atoms with Gasteiger partial charge in [-0.1, -0.05) is 11.6 Å². The van der Waals surface area contributed by atoms with Gasteiger partial charge in [-0.2, -0.15) is 0 Å². The molecular weight excluding hydrogens is 348 g/mol. The van der Waals surface area contributed by atoms with Crippen molar-refractivity contribution in [3.63, 3.8) is 0 Å². The molecule has 0 atom stereocenters. The van der Waals surface area contributed by atoms with Crippen LogP contribution >= 0.6 is 11.6 Å². The maximum atomic E-state index is 11.0. The SMILES string of the molecule is COc1ccc([N+](=O)[O-])cc1CNc1cc2c(cc1Cl)OCCCO2. The molecule has 1 aliphatic heterocycles. The fourth-order valence-electron chi connectivity index (χ4n) is 2.53. The number of hydrogen-bond donors (Lipinski definition) is 1. The Morgan fingerprint density at radius 3 is 2.64 bits per heavy atom. The third kappa shape index (κ3) is 3.88. The van der Waals surface area contributed by atoms with Gasteiger partial charge in [0, 0.05) is 42.8 Å². The van der Waals surface area contributed by atoms with Crippen LogP contribution in [0.25, 0.3) is 0 Å². The molecule has 1 aliphatic rings. The van der Waals surface area contributed by atoms with Crippen LogP contribution in [-0.4, -0.2) is 25.2 Å². The first kappa shape index (κ1) is 17.2. The van der Waals surface area contributed by atoms with Gasteiger partial charge in [-0.25, -0.2) is 0 Å². The summed E-state index contributed by atoms with van der Waals surface area (Å²) in [6, 6.07) is 7.93. The first-order valence-electron chi connectivity index (χ1n) is 7.73. The first-order valence-corrected chi connectivity index (χ1v) is 8.10. The molecule has 0 aromatic heterocycles. The van der Waals surface area contributed by atoms with Gasteiger partial charge in [-0.3, -0.25) is 10.1 Å². The summed E-state index contributed by atoms with van der Waals surface area (Å²) in [6.07, 6.45) is 0.805. The van der Waals surface area contributed by atoms with Crippen LogP contribution in [0, 0.1) is 10.1 Å². The number of benzene rings is 2. The molecule has 0 unspecified atom stereocenters. The van der Waals surface area contributed by atoms with Crippen molar-refractivity contribution in [2.24, 2.45) is 0 Å². The van der Waals surface area contributed by atoms with Gasteiger partial charge in [0.25, 0.3) is 5.69 Å². The number of nitro benzene ring substituents is 1. The maximum Gasteiger partial charge on any atom is 0.270 e. The van der Waals surface area contributed by atoms with E-state index < -0.39 is 4.92 Å². The number of nitrogens with zero attached hydrogens (tertiary/aromatic N) is 1. The van der Waals surface area contributed by atoms with Crippen molar-refractivity contribution < 1.29 is 19.1 Å². The summed E-state index contributed by atoms with van der Waals surface area (Å²) < 4.78 is 16.5. The third-order valence-corrected chi connectivity index (χ3v) is 4.09. The van der Waals surface area contributed by atoms with Gasteiger partial charge in [0.15, 0.2) is 11.5 Å². The Balaban J connectivity index is 1.83. The fourth-order valence-corrected chi connectivity index (χ4v) is 2.75. The number of fused-ring (bicyclic) bond motifs is 1. The number of non-ortho nitro benzene ring substituents is 1. The highest BCUT2D eigenvalue weighted by molar-refractivity contribution is 6.33. The number of nitro groups is 1. The van der Waals surface area contributed by atoms with Crippen LogP contribution in [0.5, 0.6) is 17.2 Å². The van der Waals surface area contributed by atoms with Crippen LogP contribution in [0.1, 0.15) is 12.0 Å². The van der Waals surface area contributed by atoms with E-state index in [4.69, 9.17) is 25.8 Å². The smallest absolute Gasteiger partial charge is 0.270 e. The summed E-state index contributed by atoms with van der Waals surface area (Å²) in [5.74, 6) is 1.79. The predicted octanol–water partition coefficient (Wildman–Crippen LogP) is 4.03. The monoisotopic (exact) mass is 364 g/mol. The van der Waals surface area contributed by atoms with E-state index in [1.165, 1.54) is 19.2 Å². The molecule has 1 heterocycles. The highest BCUT2D eigenvalue weighted by Crippen LogP contribution is 2.38. The zero-order valence-corrected chi connectivity index (χ0v) is 14.3. The van der Waals surface area contributed by atoms with Crippen molar-refractivity contribution >= 4 is 23.0 Å². The zero-order valence-electron chi connectivity index (χ0n) is 13.6. The van der Waals surface area contributed by atoms with E-state index in [1.54, 1.807) is 18.2 Å². The molecule has 7 nitrogen and oxygen atoms in total. The van der Waals surface area contributed by atoms with Crippen molar-refractivity contribution in [1.82, 2.24) is 0 Å². The predicted molar refractivity (Wildman–Crippen MR) is 94.0 cm³/mol. The summed E-state index contributed by atoms with van der Waals surface area (Å²) in [7, 11) is 1.52. The molecule has 0 aliphatic carbocycles. The average Bonchev–Trinajstić information content (AvgIpc) is 2.84. The van der Waals surface area contributed by atoms with Crippen molar-refractivity contribution in [3.05, 3.63) is 51.0 Å². The van der Waals surface area contributed by atoms with Crippen LogP contribution in [0.3, 0.4) is 0 Å². The summed E-state index contributed by atoms with van der Waals surface area (Å²) in [5.41, 5.74) is 1.31. The van der Waals surface area contributed by atoms with Gasteiger partial charge in [-0.15, -0.1) is 0 Å². The van der Waals surface area contributed by atoms with Crippen molar-refractivity contribution in [2.45, 2.75) is 13.0 Å². The summed E-state index contributed by atoms with van der Waals surface area (Å²) in [4.78, 5) is 10.5. The van der Waals surface area contributed by atoms with E-state index in [0.717, 1.165) is 6.42 Å². The largest absolute Gasteiger partial charge is 0.496 e. The molecule has 0 bridgehead atoms.